The second-order valence-electron chi connectivity index (χ2n) is 11.0. The largest absolute Gasteiger partial charge is 0.488 e. The number of carbonyl (C=O) groups is 1. The average Bonchev–Trinajstić information content (AvgIpc) is 3.55. The molecule has 220 valence electrons. The van der Waals surface area contributed by atoms with Crippen LogP contribution in [0, 0.1) is 23.1 Å². The van der Waals surface area contributed by atoms with Gasteiger partial charge in [-0.15, -0.1) is 0 Å². The summed E-state index contributed by atoms with van der Waals surface area (Å²) in [6, 6.07) is 21.2. The van der Waals surface area contributed by atoms with Gasteiger partial charge in [0.1, 0.15) is 6.61 Å². The van der Waals surface area contributed by atoms with Crippen molar-refractivity contribution >= 4 is 17.6 Å². The van der Waals surface area contributed by atoms with Crippen LogP contribution in [0.1, 0.15) is 61.1 Å². The SMILES string of the molecule is COC(=O)C1CCC(NCC(c2ccccc2)c2ccc(Cl)c(-c3c(C#N)ccc(OC[C@@H]4CCCO4)c3F)c2)CC1. The molecule has 0 amide bonds. The van der Waals surface area contributed by atoms with Gasteiger partial charge in [-0.2, -0.15) is 5.26 Å². The van der Waals surface area contributed by atoms with Gasteiger partial charge >= 0.3 is 5.97 Å². The summed E-state index contributed by atoms with van der Waals surface area (Å²) in [7, 11) is 1.44. The Bertz CT molecular complexity index is 1410. The Kier molecular flexibility index (Phi) is 10.1. The van der Waals surface area contributed by atoms with Crippen molar-refractivity contribution in [2.24, 2.45) is 5.92 Å². The third-order valence-electron chi connectivity index (χ3n) is 8.41. The van der Waals surface area contributed by atoms with E-state index in [1.807, 2.05) is 30.3 Å². The zero-order valence-corrected chi connectivity index (χ0v) is 24.5. The number of nitrogens with one attached hydrogen (secondary N) is 1. The molecule has 2 atom stereocenters. The van der Waals surface area contributed by atoms with Crippen molar-refractivity contribution in [1.82, 2.24) is 5.32 Å². The molecule has 1 N–H and O–H groups in total. The Morgan fingerprint density at radius 3 is 2.57 bits per heavy atom. The van der Waals surface area contributed by atoms with Gasteiger partial charge in [-0.25, -0.2) is 4.39 Å². The highest BCUT2D eigenvalue weighted by atomic mass is 35.5. The normalized spacial score (nSPS) is 21.0. The number of esters is 1. The van der Waals surface area contributed by atoms with Gasteiger partial charge in [-0.05, 0) is 73.9 Å². The van der Waals surface area contributed by atoms with Crippen LogP contribution in [0.15, 0.2) is 60.7 Å². The predicted octanol–water partition coefficient (Wildman–Crippen LogP) is 7.03. The molecule has 3 aromatic carbocycles. The summed E-state index contributed by atoms with van der Waals surface area (Å²) < 4.78 is 32.4. The highest BCUT2D eigenvalue weighted by molar-refractivity contribution is 6.33. The lowest BCUT2D eigenvalue weighted by atomic mass is 9.85. The number of methoxy groups -OCH3 is 1. The van der Waals surface area contributed by atoms with Gasteiger partial charge in [0, 0.05) is 41.3 Å². The fourth-order valence-corrected chi connectivity index (χ4v) is 6.24. The quantitative estimate of drug-likeness (QED) is 0.255. The average molecular weight is 591 g/mol. The van der Waals surface area contributed by atoms with Gasteiger partial charge < -0.3 is 19.5 Å². The first-order valence-electron chi connectivity index (χ1n) is 14.6. The maximum absolute atomic E-state index is 16.0. The molecule has 0 spiro atoms. The highest BCUT2D eigenvalue weighted by Gasteiger charge is 2.28. The van der Waals surface area contributed by atoms with Gasteiger partial charge in [-0.3, -0.25) is 4.79 Å². The Morgan fingerprint density at radius 1 is 1.10 bits per heavy atom. The van der Waals surface area contributed by atoms with Crippen molar-refractivity contribution in [3.63, 3.8) is 0 Å². The molecule has 2 fully saturated rings. The van der Waals surface area contributed by atoms with Crippen LogP contribution in [0.3, 0.4) is 0 Å². The van der Waals surface area contributed by atoms with Crippen LogP contribution in [-0.4, -0.2) is 45.0 Å². The second-order valence-corrected chi connectivity index (χ2v) is 11.4. The van der Waals surface area contributed by atoms with Crippen molar-refractivity contribution in [3.05, 3.63) is 88.2 Å². The molecule has 2 aliphatic rings. The molecule has 1 aliphatic heterocycles. The molecular weight excluding hydrogens is 555 g/mol. The molecule has 0 aromatic heterocycles. The number of nitrogens with zero attached hydrogens (tertiary/aromatic N) is 1. The third kappa shape index (κ3) is 6.95. The summed E-state index contributed by atoms with van der Waals surface area (Å²) in [5.74, 6) is -0.748. The lowest BCUT2D eigenvalue weighted by molar-refractivity contribution is -0.146. The minimum absolute atomic E-state index is 0.0357. The zero-order valence-electron chi connectivity index (χ0n) is 23.8. The van der Waals surface area contributed by atoms with E-state index >= 15 is 4.39 Å². The standard InChI is InChI=1S/C34H36ClFN2O4/c1-40-34(39)23-9-13-26(14-10-23)38-20-29(22-6-3-2-4-7-22)24-11-15-30(35)28(18-24)32-25(19-37)12-16-31(33(32)36)42-21-27-8-5-17-41-27/h2-4,6-7,11-12,15-16,18,23,26-27,29,38H,5,8-10,13-14,17,20-21H2,1H3/t23?,26?,27-,29?/m0/s1. The monoisotopic (exact) mass is 590 g/mol. The molecular formula is C34H36ClFN2O4. The number of nitriles is 1. The van der Waals surface area contributed by atoms with E-state index in [0.29, 0.717) is 23.7 Å². The first kappa shape index (κ1) is 30.0. The van der Waals surface area contributed by atoms with Crippen LogP contribution in [0.2, 0.25) is 5.02 Å². The van der Waals surface area contributed by atoms with Crippen molar-refractivity contribution in [2.45, 2.75) is 56.6 Å². The van der Waals surface area contributed by atoms with Crippen LogP contribution in [-0.2, 0) is 14.3 Å². The third-order valence-corrected chi connectivity index (χ3v) is 8.74. The summed E-state index contributed by atoms with van der Waals surface area (Å²) in [5, 5.41) is 13.9. The van der Waals surface area contributed by atoms with E-state index in [2.05, 4.69) is 23.5 Å². The lowest BCUT2D eigenvalue weighted by Crippen LogP contribution is -2.37. The molecule has 6 nitrogen and oxygen atoms in total. The van der Waals surface area contributed by atoms with Gasteiger partial charge in [0.25, 0.3) is 0 Å². The zero-order chi connectivity index (χ0) is 29.5. The van der Waals surface area contributed by atoms with E-state index in [4.69, 9.17) is 25.8 Å². The summed E-state index contributed by atoms with van der Waals surface area (Å²) >= 11 is 6.68. The van der Waals surface area contributed by atoms with E-state index in [-0.39, 0.29) is 53.4 Å². The summed E-state index contributed by atoms with van der Waals surface area (Å²) in [5.41, 5.74) is 2.83. The molecule has 1 saturated carbocycles. The van der Waals surface area contributed by atoms with Gasteiger partial charge in [0.05, 0.1) is 30.8 Å². The van der Waals surface area contributed by atoms with E-state index in [9.17, 15) is 10.1 Å². The predicted molar refractivity (Wildman–Crippen MR) is 160 cm³/mol. The van der Waals surface area contributed by atoms with Crippen molar-refractivity contribution < 1.29 is 23.4 Å². The molecule has 0 bridgehead atoms. The Hall–Kier alpha value is -3.44. The van der Waals surface area contributed by atoms with Crippen LogP contribution in [0.5, 0.6) is 5.75 Å². The fourth-order valence-electron chi connectivity index (χ4n) is 6.03. The van der Waals surface area contributed by atoms with Crippen LogP contribution < -0.4 is 10.1 Å². The maximum Gasteiger partial charge on any atom is 0.308 e. The summed E-state index contributed by atoms with van der Waals surface area (Å²) in [6.45, 7) is 1.58. The van der Waals surface area contributed by atoms with Gasteiger partial charge in [0.15, 0.2) is 11.6 Å². The van der Waals surface area contributed by atoms with E-state index in [1.54, 1.807) is 12.1 Å². The smallest absolute Gasteiger partial charge is 0.308 e. The van der Waals surface area contributed by atoms with E-state index < -0.39 is 5.82 Å². The molecule has 1 unspecified atom stereocenters. The number of rotatable bonds is 10. The molecule has 1 saturated heterocycles. The Morgan fingerprint density at radius 2 is 1.88 bits per heavy atom. The summed E-state index contributed by atoms with van der Waals surface area (Å²) in [6.07, 6.45) is 5.15. The topological polar surface area (TPSA) is 80.6 Å². The second kappa shape index (κ2) is 14.2. The number of benzene rings is 3. The molecule has 1 heterocycles. The molecule has 3 aromatic rings. The minimum Gasteiger partial charge on any atom is -0.488 e. The van der Waals surface area contributed by atoms with Crippen molar-refractivity contribution in [1.29, 1.82) is 5.26 Å². The first-order chi connectivity index (χ1) is 20.5. The Balaban J connectivity index is 1.42. The van der Waals surface area contributed by atoms with Gasteiger partial charge in [-0.1, -0.05) is 48.0 Å². The van der Waals surface area contributed by atoms with Crippen molar-refractivity contribution in [2.75, 3.05) is 26.9 Å². The molecule has 8 heteroatoms. The van der Waals surface area contributed by atoms with Gasteiger partial charge in [0.2, 0.25) is 0 Å². The molecule has 1 aliphatic carbocycles. The van der Waals surface area contributed by atoms with E-state index in [0.717, 1.165) is 49.7 Å². The highest BCUT2D eigenvalue weighted by Crippen LogP contribution is 2.39. The first-order valence-corrected chi connectivity index (χ1v) is 15.0. The Labute approximate surface area is 251 Å². The number of hydrogen-bond acceptors (Lipinski definition) is 6. The number of ether oxygens (including phenoxy) is 3. The minimum atomic E-state index is -0.608. The molecule has 5 rings (SSSR count). The number of halogens is 2. The number of carbonyl (C=O) groups excluding carboxylic acids is 1. The molecule has 42 heavy (non-hydrogen) atoms. The van der Waals surface area contributed by atoms with Crippen LogP contribution >= 0.6 is 11.6 Å². The van der Waals surface area contributed by atoms with Crippen LogP contribution in [0.25, 0.3) is 11.1 Å². The van der Waals surface area contributed by atoms with Crippen molar-refractivity contribution in [3.8, 4) is 22.9 Å². The van der Waals surface area contributed by atoms with Crippen LogP contribution in [0.4, 0.5) is 4.39 Å². The van der Waals surface area contributed by atoms with E-state index in [1.165, 1.54) is 13.2 Å². The fraction of sp³-hybridized carbons (Fsp3) is 0.412. The number of hydrogen-bond donors (Lipinski definition) is 1. The maximum atomic E-state index is 16.0. The summed E-state index contributed by atoms with van der Waals surface area (Å²) in [4.78, 5) is 12.0. The lowest BCUT2D eigenvalue weighted by Gasteiger charge is -2.29. The molecule has 0 radical (unpaired) electrons.